The van der Waals surface area contributed by atoms with Gasteiger partial charge in [-0.2, -0.15) is 0 Å². The maximum Gasteiger partial charge on any atom is 0.192 e. The highest BCUT2D eigenvalue weighted by molar-refractivity contribution is 6.74. The summed E-state index contributed by atoms with van der Waals surface area (Å²) in [6.07, 6.45) is 3.36. The minimum absolute atomic E-state index is 0.176. The third kappa shape index (κ3) is 8.52. The van der Waals surface area contributed by atoms with Crippen molar-refractivity contribution < 1.29 is 13.6 Å². The van der Waals surface area contributed by atoms with Crippen molar-refractivity contribution >= 4 is 22.9 Å². The Kier molecular flexibility index (Phi) is 9.91. The van der Waals surface area contributed by atoms with Crippen molar-refractivity contribution in [2.24, 2.45) is 0 Å². The molecule has 194 valence electrons. The SMILES string of the molecule is CC(C)(C)[Si](C)(C)OCc1ccc(CCc2cccc(CC=O)c2)cc1CO[Si](C)(C)C(C)(C)C. The second kappa shape index (κ2) is 11.7. The molecule has 2 aromatic rings. The molecule has 0 spiro atoms. The molecule has 5 heteroatoms. The van der Waals surface area contributed by atoms with E-state index in [-0.39, 0.29) is 10.1 Å². The molecule has 35 heavy (non-hydrogen) atoms. The summed E-state index contributed by atoms with van der Waals surface area (Å²) in [4.78, 5) is 10.9. The summed E-state index contributed by atoms with van der Waals surface area (Å²) in [7, 11) is -3.71. The molecule has 0 bridgehead atoms. The summed E-state index contributed by atoms with van der Waals surface area (Å²) in [5, 5.41) is 0.359. The predicted molar refractivity (Wildman–Crippen MR) is 154 cm³/mol. The molecule has 0 aliphatic carbocycles. The zero-order chi connectivity index (χ0) is 26.5. The summed E-state index contributed by atoms with van der Waals surface area (Å²) >= 11 is 0. The van der Waals surface area contributed by atoms with Crippen molar-refractivity contribution in [2.45, 2.75) is 110 Å². The first-order chi connectivity index (χ1) is 16.1. The molecule has 0 unspecified atom stereocenters. The fourth-order valence-corrected chi connectivity index (χ4v) is 5.26. The molecule has 2 aromatic carbocycles. The lowest BCUT2D eigenvalue weighted by Gasteiger charge is -2.37. The van der Waals surface area contributed by atoms with Crippen LogP contribution in [0, 0.1) is 0 Å². The molecule has 0 aliphatic heterocycles. The van der Waals surface area contributed by atoms with Crippen LogP contribution < -0.4 is 0 Å². The Labute approximate surface area is 216 Å². The maximum atomic E-state index is 10.9. The minimum atomic E-state index is -1.86. The highest BCUT2D eigenvalue weighted by Gasteiger charge is 2.38. The Morgan fingerprint density at radius 2 is 1.17 bits per heavy atom. The predicted octanol–water partition coefficient (Wildman–Crippen LogP) is 8.26. The van der Waals surface area contributed by atoms with Gasteiger partial charge in [0.05, 0.1) is 13.2 Å². The first kappa shape index (κ1) is 29.7. The fraction of sp³-hybridized carbons (Fsp3) is 0.567. The van der Waals surface area contributed by atoms with E-state index in [4.69, 9.17) is 8.85 Å². The van der Waals surface area contributed by atoms with Crippen LogP contribution in [0.2, 0.25) is 36.3 Å². The smallest absolute Gasteiger partial charge is 0.192 e. The molecule has 0 fully saturated rings. The zero-order valence-corrected chi connectivity index (χ0v) is 25.9. The average Bonchev–Trinajstić information content (AvgIpc) is 2.74. The summed E-state index contributed by atoms with van der Waals surface area (Å²) in [6, 6.07) is 15.2. The van der Waals surface area contributed by atoms with E-state index < -0.39 is 16.6 Å². The zero-order valence-electron chi connectivity index (χ0n) is 23.9. The highest BCUT2D eigenvalue weighted by atomic mass is 28.4. The Hall–Kier alpha value is -1.54. The Morgan fingerprint density at radius 3 is 1.69 bits per heavy atom. The van der Waals surface area contributed by atoms with Gasteiger partial charge in [0.25, 0.3) is 0 Å². The molecule has 0 saturated heterocycles. The quantitative estimate of drug-likeness (QED) is 0.224. The van der Waals surface area contributed by atoms with Crippen molar-refractivity contribution in [2.75, 3.05) is 0 Å². The topological polar surface area (TPSA) is 35.5 Å². The highest BCUT2D eigenvalue weighted by Crippen LogP contribution is 2.39. The van der Waals surface area contributed by atoms with E-state index in [1.165, 1.54) is 22.3 Å². The van der Waals surface area contributed by atoms with Crippen LogP contribution in [0.4, 0.5) is 0 Å². The Bertz CT molecular complexity index is 982. The van der Waals surface area contributed by atoms with Crippen LogP contribution in [0.5, 0.6) is 0 Å². The molecule has 0 aliphatic rings. The van der Waals surface area contributed by atoms with Crippen molar-refractivity contribution in [3.63, 3.8) is 0 Å². The molecule has 0 radical (unpaired) electrons. The molecular formula is C30H48O3Si2. The largest absolute Gasteiger partial charge is 0.413 e. The number of carbonyl (C=O) groups is 1. The molecule has 0 heterocycles. The molecule has 0 N–H and O–H groups in total. The standard InChI is InChI=1S/C30H48O3Si2/c1-29(2,3)34(7,8)32-22-27-17-16-26(15-14-24-12-11-13-25(20-24)18-19-31)21-28(27)23-33-35(9,10)30(4,5)6/h11-13,16-17,19-21H,14-15,18,22-23H2,1-10H3. The van der Waals surface area contributed by atoms with Gasteiger partial charge >= 0.3 is 0 Å². The number of aryl methyl sites for hydroxylation is 2. The van der Waals surface area contributed by atoms with Gasteiger partial charge in [0.15, 0.2) is 16.6 Å². The number of benzene rings is 2. The van der Waals surface area contributed by atoms with Gasteiger partial charge in [-0.1, -0.05) is 84.0 Å². The van der Waals surface area contributed by atoms with Crippen LogP contribution in [0.15, 0.2) is 42.5 Å². The van der Waals surface area contributed by atoms with E-state index in [2.05, 4.69) is 98.1 Å². The van der Waals surface area contributed by atoms with Gasteiger partial charge in [0.2, 0.25) is 0 Å². The van der Waals surface area contributed by atoms with Gasteiger partial charge in [0.1, 0.15) is 6.29 Å². The molecular weight excluding hydrogens is 464 g/mol. The van der Waals surface area contributed by atoms with Gasteiger partial charge in [-0.3, -0.25) is 0 Å². The molecule has 0 aromatic heterocycles. The van der Waals surface area contributed by atoms with Gasteiger partial charge in [0, 0.05) is 6.42 Å². The van der Waals surface area contributed by atoms with E-state index >= 15 is 0 Å². The number of hydrogen-bond donors (Lipinski definition) is 0. The summed E-state index contributed by atoms with van der Waals surface area (Å²) in [6.45, 7) is 24.2. The van der Waals surface area contributed by atoms with Gasteiger partial charge in [-0.05, 0) is 76.9 Å². The van der Waals surface area contributed by atoms with Gasteiger partial charge < -0.3 is 13.6 Å². The molecule has 3 nitrogen and oxygen atoms in total. The monoisotopic (exact) mass is 512 g/mol. The molecule has 0 saturated carbocycles. The third-order valence-electron chi connectivity index (χ3n) is 8.07. The van der Waals surface area contributed by atoms with E-state index in [0.29, 0.717) is 19.6 Å². The van der Waals surface area contributed by atoms with Crippen LogP contribution in [0.1, 0.15) is 69.4 Å². The summed E-state index contributed by atoms with van der Waals surface area (Å²) in [5.41, 5.74) is 6.16. The average molecular weight is 513 g/mol. The lowest BCUT2D eigenvalue weighted by Crippen LogP contribution is -2.41. The van der Waals surface area contributed by atoms with Crippen molar-refractivity contribution in [1.29, 1.82) is 0 Å². The summed E-state index contributed by atoms with van der Waals surface area (Å²) < 4.78 is 13.2. The van der Waals surface area contributed by atoms with Crippen LogP contribution in [-0.4, -0.2) is 22.9 Å². The van der Waals surface area contributed by atoms with Crippen LogP contribution >= 0.6 is 0 Å². The van der Waals surface area contributed by atoms with E-state index in [1.807, 2.05) is 12.1 Å². The molecule has 0 amide bonds. The van der Waals surface area contributed by atoms with Crippen LogP contribution in [0.25, 0.3) is 0 Å². The Morgan fingerprint density at radius 1 is 0.686 bits per heavy atom. The minimum Gasteiger partial charge on any atom is -0.413 e. The molecule has 0 atom stereocenters. The van der Waals surface area contributed by atoms with E-state index in [0.717, 1.165) is 24.7 Å². The lowest BCUT2D eigenvalue weighted by molar-refractivity contribution is -0.107. The van der Waals surface area contributed by atoms with Gasteiger partial charge in [-0.25, -0.2) is 0 Å². The number of aldehydes is 1. The number of rotatable bonds is 11. The Balaban J connectivity index is 2.24. The van der Waals surface area contributed by atoms with Crippen molar-refractivity contribution in [3.05, 3.63) is 70.3 Å². The van der Waals surface area contributed by atoms with E-state index in [1.54, 1.807) is 0 Å². The normalized spacial score (nSPS) is 13.2. The number of carbonyl (C=O) groups excluding carboxylic acids is 1. The van der Waals surface area contributed by atoms with Gasteiger partial charge in [-0.15, -0.1) is 0 Å². The van der Waals surface area contributed by atoms with Crippen molar-refractivity contribution in [1.82, 2.24) is 0 Å². The molecule has 2 rings (SSSR count). The third-order valence-corrected chi connectivity index (χ3v) is 17.0. The van der Waals surface area contributed by atoms with E-state index in [9.17, 15) is 4.79 Å². The lowest BCUT2D eigenvalue weighted by atomic mass is 9.98. The van der Waals surface area contributed by atoms with Crippen molar-refractivity contribution in [3.8, 4) is 0 Å². The second-order valence-electron chi connectivity index (χ2n) is 12.9. The second-order valence-corrected chi connectivity index (χ2v) is 22.5. The summed E-state index contributed by atoms with van der Waals surface area (Å²) in [5.74, 6) is 0. The fourth-order valence-electron chi connectivity index (χ4n) is 3.36. The van der Waals surface area contributed by atoms with Crippen LogP contribution in [0.3, 0.4) is 0 Å². The number of hydrogen-bond acceptors (Lipinski definition) is 3. The maximum absolute atomic E-state index is 10.9. The first-order valence-electron chi connectivity index (χ1n) is 13.0. The van der Waals surface area contributed by atoms with Crippen LogP contribution in [-0.2, 0) is 46.1 Å². The first-order valence-corrected chi connectivity index (χ1v) is 18.8.